The van der Waals surface area contributed by atoms with E-state index in [1.807, 2.05) is 0 Å². The number of ether oxygens (including phenoxy) is 3. The van der Waals surface area contributed by atoms with Gasteiger partial charge in [-0.3, -0.25) is 9.59 Å². The number of fused-ring (bicyclic) bond motifs is 1. The fourth-order valence-electron chi connectivity index (χ4n) is 3.51. The molecule has 1 aromatic heterocycles. The molecule has 156 valence electrons. The Bertz CT molecular complexity index is 1110. The number of nitrogens with zero attached hydrogens (tertiary/aromatic N) is 4. The van der Waals surface area contributed by atoms with Crippen molar-refractivity contribution in [3.63, 3.8) is 0 Å². The van der Waals surface area contributed by atoms with Gasteiger partial charge in [-0.1, -0.05) is 0 Å². The standard InChI is InChI=1S/C20H20N4O6/c1-27-16-8-6-13(17(28-2)18(16)29-3)20(26)24-10-4-9-23(24)19(25)12-5-7-14-15(11-12)22-30-21-14/h5-8,11H,4,9-10H2,1-3H3. The van der Waals surface area contributed by atoms with Crippen LogP contribution in [0.2, 0.25) is 0 Å². The van der Waals surface area contributed by atoms with Gasteiger partial charge in [0.05, 0.1) is 26.9 Å². The minimum Gasteiger partial charge on any atom is -0.493 e. The van der Waals surface area contributed by atoms with Gasteiger partial charge in [-0.2, -0.15) is 0 Å². The Balaban J connectivity index is 1.66. The summed E-state index contributed by atoms with van der Waals surface area (Å²) in [6, 6.07) is 8.09. The minimum absolute atomic E-state index is 0.247. The van der Waals surface area contributed by atoms with Crippen LogP contribution in [0.3, 0.4) is 0 Å². The molecule has 4 rings (SSSR count). The van der Waals surface area contributed by atoms with Gasteiger partial charge in [0.15, 0.2) is 11.5 Å². The monoisotopic (exact) mass is 412 g/mol. The van der Waals surface area contributed by atoms with Gasteiger partial charge in [-0.05, 0) is 47.1 Å². The van der Waals surface area contributed by atoms with Crippen molar-refractivity contribution in [1.82, 2.24) is 20.3 Å². The van der Waals surface area contributed by atoms with Crippen molar-refractivity contribution < 1.29 is 28.4 Å². The second-order valence-electron chi connectivity index (χ2n) is 6.56. The topological polar surface area (TPSA) is 107 Å². The first-order valence-corrected chi connectivity index (χ1v) is 9.24. The van der Waals surface area contributed by atoms with Gasteiger partial charge in [0.1, 0.15) is 11.0 Å². The molecule has 2 amide bonds. The van der Waals surface area contributed by atoms with E-state index in [4.69, 9.17) is 14.2 Å². The SMILES string of the molecule is COc1ccc(C(=O)N2CCCN2C(=O)c2ccc3nonc3c2)c(OC)c1OC. The number of methoxy groups -OCH3 is 3. The predicted molar refractivity (Wildman–Crippen MR) is 105 cm³/mol. The smallest absolute Gasteiger partial charge is 0.276 e. The van der Waals surface area contributed by atoms with Gasteiger partial charge in [-0.25, -0.2) is 14.6 Å². The number of benzene rings is 2. The Labute approximate surface area is 171 Å². The van der Waals surface area contributed by atoms with Crippen LogP contribution in [0.4, 0.5) is 0 Å². The van der Waals surface area contributed by atoms with Crippen LogP contribution in [0.25, 0.3) is 11.0 Å². The summed E-state index contributed by atoms with van der Waals surface area (Å²) >= 11 is 0. The fraction of sp³-hybridized carbons (Fsp3) is 0.300. The van der Waals surface area contributed by atoms with E-state index < -0.39 is 0 Å². The van der Waals surface area contributed by atoms with Gasteiger partial charge >= 0.3 is 0 Å². The lowest BCUT2D eigenvalue weighted by Gasteiger charge is -2.28. The summed E-state index contributed by atoms with van der Waals surface area (Å²) in [7, 11) is 4.41. The average Bonchev–Trinajstić information content (AvgIpc) is 3.45. The maximum Gasteiger partial charge on any atom is 0.276 e. The van der Waals surface area contributed by atoms with E-state index >= 15 is 0 Å². The molecular weight excluding hydrogens is 392 g/mol. The lowest BCUT2D eigenvalue weighted by molar-refractivity contribution is 0.0184. The summed E-state index contributed by atoms with van der Waals surface area (Å²) in [6.45, 7) is 0.811. The molecule has 0 bridgehead atoms. The molecule has 0 unspecified atom stereocenters. The molecule has 10 nitrogen and oxygen atoms in total. The summed E-state index contributed by atoms with van der Waals surface area (Å²) in [5, 5.41) is 10.3. The van der Waals surface area contributed by atoms with Crippen molar-refractivity contribution in [2.75, 3.05) is 34.4 Å². The van der Waals surface area contributed by atoms with Crippen LogP contribution in [0, 0.1) is 0 Å². The van der Waals surface area contributed by atoms with Gasteiger partial charge in [0.25, 0.3) is 11.8 Å². The summed E-state index contributed by atoms with van der Waals surface area (Å²) in [5.41, 5.74) is 1.68. The number of aromatic nitrogens is 2. The maximum atomic E-state index is 13.3. The number of carbonyl (C=O) groups excluding carboxylic acids is 2. The van der Waals surface area contributed by atoms with Gasteiger partial charge < -0.3 is 14.2 Å². The van der Waals surface area contributed by atoms with Crippen molar-refractivity contribution in [1.29, 1.82) is 0 Å². The summed E-state index contributed by atoms with van der Waals surface area (Å²) in [5.74, 6) is 0.311. The molecule has 0 aliphatic carbocycles. The molecule has 10 heteroatoms. The van der Waals surface area contributed by atoms with Crippen molar-refractivity contribution in [3.05, 3.63) is 41.5 Å². The minimum atomic E-state index is -0.372. The number of carbonyl (C=O) groups is 2. The van der Waals surface area contributed by atoms with Gasteiger partial charge in [-0.15, -0.1) is 0 Å². The van der Waals surface area contributed by atoms with E-state index in [0.29, 0.717) is 47.6 Å². The van der Waals surface area contributed by atoms with Crippen LogP contribution in [0.5, 0.6) is 17.2 Å². The van der Waals surface area contributed by atoms with Crippen LogP contribution in [-0.4, -0.2) is 66.6 Å². The molecule has 30 heavy (non-hydrogen) atoms. The second-order valence-corrected chi connectivity index (χ2v) is 6.56. The van der Waals surface area contributed by atoms with Crippen LogP contribution in [0.1, 0.15) is 27.1 Å². The van der Waals surface area contributed by atoms with E-state index in [-0.39, 0.29) is 23.1 Å². The van der Waals surface area contributed by atoms with Crippen molar-refractivity contribution in [3.8, 4) is 17.2 Å². The lowest BCUT2D eigenvalue weighted by Crippen LogP contribution is -2.45. The molecule has 0 spiro atoms. The summed E-state index contributed by atoms with van der Waals surface area (Å²) in [6.07, 6.45) is 0.654. The molecule has 1 aliphatic heterocycles. The zero-order valence-corrected chi connectivity index (χ0v) is 16.7. The van der Waals surface area contributed by atoms with Crippen LogP contribution in [-0.2, 0) is 0 Å². The van der Waals surface area contributed by atoms with Gasteiger partial charge in [0, 0.05) is 18.7 Å². The molecule has 1 aliphatic rings. The zero-order chi connectivity index (χ0) is 21.3. The molecule has 0 saturated carbocycles. The highest BCUT2D eigenvalue weighted by Crippen LogP contribution is 2.40. The van der Waals surface area contributed by atoms with Crippen molar-refractivity contribution >= 4 is 22.8 Å². The van der Waals surface area contributed by atoms with Crippen LogP contribution >= 0.6 is 0 Å². The van der Waals surface area contributed by atoms with Gasteiger partial charge in [0.2, 0.25) is 5.75 Å². The number of amides is 2. The third-order valence-electron chi connectivity index (χ3n) is 4.94. The average molecular weight is 412 g/mol. The van der Waals surface area contributed by atoms with E-state index in [2.05, 4.69) is 14.9 Å². The number of hydrogen-bond donors (Lipinski definition) is 0. The van der Waals surface area contributed by atoms with E-state index in [0.717, 1.165) is 0 Å². The molecule has 2 heterocycles. The third-order valence-corrected chi connectivity index (χ3v) is 4.94. The molecule has 0 radical (unpaired) electrons. The Morgan fingerprint density at radius 3 is 2.27 bits per heavy atom. The highest BCUT2D eigenvalue weighted by atomic mass is 16.6. The summed E-state index contributed by atoms with van der Waals surface area (Å²) in [4.78, 5) is 26.4. The first-order chi connectivity index (χ1) is 14.6. The highest BCUT2D eigenvalue weighted by molar-refractivity contribution is 6.02. The predicted octanol–water partition coefficient (Wildman–Crippen LogP) is 2.15. The Morgan fingerprint density at radius 2 is 1.57 bits per heavy atom. The molecule has 1 saturated heterocycles. The third kappa shape index (κ3) is 3.15. The van der Waals surface area contributed by atoms with E-state index in [9.17, 15) is 9.59 Å². The number of hydrogen-bond acceptors (Lipinski definition) is 8. The number of hydrazine groups is 1. The maximum absolute atomic E-state index is 13.3. The Hall–Kier alpha value is -3.82. The fourth-order valence-corrected chi connectivity index (χ4v) is 3.51. The summed E-state index contributed by atoms with van der Waals surface area (Å²) < 4.78 is 20.7. The second kappa shape index (κ2) is 7.90. The molecule has 0 N–H and O–H groups in total. The quantitative estimate of drug-likeness (QED) is 0.627. The van der Waals surface area contributed by atoms with Crippen molar-refractivity contribution in [2.24, 2.45) is 0 Å². The van der Waals surface area contributed by atoms with E-state index in [1.54, 1.807) is 30.3 Å². The van der Waals surface area contributed by atoms with Crippen LogP contribution < -0.4 is 14.2 Å². The molecule has 3 aromatic rings. The zero-order valence-electron chi connectivity index (χ0n) is 16.7. The largest absolute Gasteiger partial charge is 0.493 e. The first kappa shape index (κ1) is 19.5. The normalized spacial score (nSPS) is 13.6. The highest BCUT2D eigenvalue weighted by Gasteiger charge is 2.34. The number of rotatable bonds is 5. The Morgan fingerprint density at radius 1 is 0.867 bits per heavy atom. The van der Waals surface area contributed by atoms with E-state index in [1.165, 1.54) is 31.3 Å². The van der Waals surface area contributed by atoms with Crippen molar-refractivity contribution in [2.45, 2.75) is 6.42 Å². The first-order valence-electron chi connectivity index (χ1n) is 9.24. The molecule has 2 aromatic carbocycles. The molecular formula is C20H20N4O6. The molecule has 1 fully saturated rings. The van der Waals surface area contributed by atoms with Crippen LogP contribution in [0.15, 0.2) is 35.0 Å². The Kier molecular flexibility index (Phi) is 5.13. The lowest BCUT2D eigenvalue weighted by atomic mass is 10.1. The molecule has 0 atom stereocenters.